The van der Waals surface area contributed by atoms with Crippen molar-refractivity contribution in [3.05, 3.63) is 30.3 Å². The minimum Gasteiger partial charge on any atom is -0.494 e. The number of hydrogen-bond acceptors (Lipinski definition) is 4. The van der Waals surface area contributed by atoms with E-state index in [0.29, 0.717) is 18.6 Å². The van der Waals surface area contributed by atoms with E-state index in [2.05, 4.69) is 27.4 Å². The van der Waals surface area contributed by atoms with Crippen LogP contribution in [0.4, 0.5) is 0 Å². The number of ether oxygens (including phenoxy) is 1. The van der Waals surface area contributed by atoms with E-state index in [0.717, 1.165) is 31.8 Å². The first-order valence-electron chi connectivity index (χ1n) is 10.2. The molecule has 8 heteroatoms. The quantitative estimate of drug-likeness (QED) is 0.216. The van der Waals surface area contributed by atoms with E-state index in [1.165, 1.54) is 19.4 Å². The number of rotatable bonds is 10. The molecular formula is C21H36IN5O2. The highest BCUT2D eigenvalue weighted by atomic mass is 127. The molecule has 1 fully saturated rings. The monoisotopic (exact) mass is 517 g/mol. The first-order valence-corrected chi connectivity index (χ1v) is 10.2. The Hall–Kier alpha value is -1.55. The van der Waals surface area contributed by atoms with Crippen LogP contribution in [0.1, 0.15) is 26.2 Å². The van der Waals surface area contributed by atoms with Gasteiger partial charge in [-0.2, -0.15) is 0 Å². The summed E-state index contributed by atoms with van der Waals surface area (Å²) in [5.41, 5.74) is 0. The number of guanidine groups is 1. The van der Waals surface area contributed by atoms with Gasteiger partial charge < -0.3 is 20.3 Å². The summed E-state index contributed by atoms with van der Waals surface area (Å²) in [5.74, 6) is 1.56. The van der Waals surface area contributed by atoms with Crippen molar-refractivity contribution in [2.75, 3.05) is 53.4 Å². The van der Waals surface area contributed by atoms with E-state index < -0.39 is 0 Å². The summed E-state index contributed by atoms with van der Waals surface area (Å²) in [5, 5.41) is 6.74. The minimum absolute atomic E-state index is 0. The highest BCUT2D eigenvalue weighted by Gasteiger charge is 2.22. The van der Waals surface area contributed by atoms with Crippen LogP contribution in [0.15, 0.2) is 35.3 Å². The van der Waals surface area contributed by atoms with Crippen LogP contribution in [0.2, 0.25) is 0 Å². The Morgan fingerprint density at radius 1 is 1.28 bits per heavy atom. The van der Waals surface area contributed by atoms with Crippen molar-refractivity contribution >= 4 is 35.8 Å². The normalized spacial score (nSPS) is 16.8. The number of nitrogens with one attached hydrogen (secondary N) is 2. The van der Waals surface area contributed by atoms with Crippen molar-refractivity contribution in [1.82, 2.24) is 20.4 Å². The molecule has 29 heavy (non-hydrogen) atoms. The van der Waals surface area contributed by atoms with Gasteiger partial charge in [0.1, 0.15) is 12.3 Å². The molecule has 1 amide bonds. The van der Waals surface area contributed by atoms with Crippen LogP contribution >= 0.6 is 24.0 Å². The van der Waals surface area contributed by atoms with Gasteiger partial charge in [0, 0.05) is 33.2 Å². The largest absolute Gasteiger partial charge is 0.494 e. The molecule has 0 saturated carbocycles. The molecule has 1 unspecified atom stereocenters. The van der Waals surface area contributed by atoms with Crippen molar-refractivity contribution in [1.29, 1.82) is 0 Å². The van der Waals surface area contributed by atoms with Crippen LogP contribution in [-0.4, -0.2) is 81.1 Å². The van der Waals surface area contributed by atoms with Gasteiger partial charge in [-0.25, -0.2) is 4.99 Å². The van der Waals surface area contributed by atoms with Crippen LogP contribution in [0.25, 0.3) is 0 Å². The molecule has 1 aliphatic heterocycles. The van der Waals surface area contributed by atoms with Crippen molar-refractivity contribution in [2.24, 2.45) is 4.99 Å². The van der Waals surface area contributed by atoms with Crippen molar-refractivity contribution in [3.8, 4) is 5.75 Å². The predicted octanol–water partition coefficient (Wildman–Crippen LogP) is 2.18. The Bertz CT molecular complexity index is 612. The lowest BCUT2D eigenvalue weighted by Crippen LogP contribution is -2.45. The van der Waals surface area contributed by atoms with Gasteiger partial charge in [-0.3, -0.25) is 9.69 Å². The Balaban J connectivity index is 0.00000420. The number of para-hydroxylation sites is 1. The first kappa shape index (κ1) is 25.5. The molecule has 164 valence electrons. The third-order valence-electron chi connectivity index (χ3n) is 4.91. The zero-order chi connectivity index (χ0) is 20.2. The molecule has 1 saturated heterocycles. The Kier molecular flexibility index (Phi) is 12.7. The van der Waals surface area contributed by atoms with Gasteiger partial charge in [0.2, 0.25) is 5.91 Å². The van der Waals surface area contributed by atoms with Gasteiger partial charge >= 0.3 is 0 Å². The summed E-state index contributed by atoms with van der Waals surface area (Å²) < 4.78 is 5.72. The number of amides is 1. The van der Waals surface area contributed by atoms with Gasteiger partial charge in [-0.1, -0.05) is 25.1 Å². The zero-order valence-electron chi connectivity index (χ0n) is 17.9. The zero-order valence-corrected chi connectivity index (χ0v) is 20.2. The van der Waals surface area contributed by atoms with E-state index >= 15 is 0 Å². The molecule has 1 aromatic rings. The summed E-state index contributed by atoms with van der Waals surface area (Å²) in [7, 11) is 3.49. The molecular weight excluding hydrogens is 481 g/mol. The van der Waals surface area contributed by atoms with Crippen molar-refractivity contribution < 1.29 is 9.53 Å². The lowest BCUT2D eigenvalue weighted by Gasteiger charge is -2.24. The molecule has 2 rings (SSSR count). The topological polar surface area (TPSA) is 69.2 Å². The van der Waals surface area contributed by atoms with E-state index in [4.69, 9.17) is 4.74 Å². The fourth-order valence-corrected chi connectivity index (χ4v) is 3.21. The summed E-state index contributed by atoms with van der Waals surface area (Å²) in [6.45, 7) is 6.79. The number of nitrogens with zero attached hydrogens (tertiary/aromatic N) is 3. The van der Waals surface area contributed by atoms with E-state index in [-0.39, 0.29) is 36.4 Å². The number of carbonyl (C=O) groups excluding carboxylic acids is 1. The molecule has 1 aromatic carbocycles. The first-order chi connectivity index (χ1) is 13.6. The van der Waals surface area contributed by atoms with Gasteiger partial charge in [-0.05, 0) is 44.5 Å². The number of hydrogen-bond donors (Lipinski definition) is 2. The second kappa shape index (κ2) is 14.4. The maximum atomic E-state index is 11.9. The second-order valence-corrected chi connectivity index (χ2v) is 7.20. The third-order valence-corrected chi connectivity index (χ3v) is 4.91. The molecule has 1 atom stereocenters. The van der Waals surface area contributed by atoms with E-state index in [1.54, 1.807) is 19.0 Å². The number of aliphatic imine (C=N–C) groups is 1. The maximum absolute atomic E-state index is 11.9. The summed E-state index contributed by atoms with van der Waals surface area (Å²) >= 11 is 0. The van der Waals surface area contributed by atoms with Crippen molar-refractivity contribution in [2.45, 2.75) is 32.2 Å². The smallest absolute Gasteiger partial charge is 0.243 e. The molecule has 0 spiro atoms. The molecule has 2 N–H and O–H groups in total. The van der Waals surface area contributed by atoms with Crippen LogP contribution in [0, 0.1) is 0 Å². The lowest BCUT2D eigenvalue weighted by atomic mass is 10.2. The fraction of sp³-hybridized carbons (Fsp3) is 0.619. The number of carbonyl (C=O) groups is 1. The van der Waals surface area contributed by atoms with E-state index in [1.807, 2.05) is 30.3 Å². The summed E-state index contributed by atoms with van der Waals surface area (Å²) in [4.78, 5) is 20.4. The molecule has 0 aromatic heterocycles. The lowest BCUT2D eigenvalue weighted by molar-refractivity contribution is -0.127. The molecule has 0 radical (unpaired) electrons. The average Bonchev–Trinajstić information content (AvgIpc) is 3.17. The highest BCUT2D eigenvalue weighted by Crippen LogP contribution is 2.15. The van der Waals surface area contributed by atoms with E-state index in [9.17, 15) is 4.79 Å². The Morgan fingerprint density at radius 2 is 2.03 bits per heavy atom. The second-order valence-electron chi connectivity index (χ2n) is 7.20. The van der Waals surface area contributed by atoms with Crippen LogP contribution in [0.5, 0.6) is 5.75 Å². The van der Waals surface area contributed by atoms with Gasteiger partial charge in [0.05, 0.1) is 6.61 Å². The summed E-state index contributed by atoms with van der Waals surface area (Å²) in [6.07, 6.45) is 3.30. The Labute approximate surface area is 192 Å². The minimum atomic E-state index is -0.00966. The molecule has 0 aliphatic carbocycles. The fourth-order valence-electron chi connectivity index (χ4n) is 3.21. The molecule has 7 nitrogen and oxygen atoms in total. The van der Waals surface area contributed by atoms with Gasteiger partial charge in [-0.15, -0.1) is 24.0 Å². The molecule has 0 bridgehead atoms. The van der Waals surface area contributed by atoms with Crippen molar-refractivity contribution in [3.63, 3.8) is 0 Å². The highest BCUT2D eigenvalue weighted by molar-refractivity contribution is 14.0. The molecule has 1 heterocycles. The summed E-state index contributed by atoms with van der Waals surface area (Å²) in [6, 6.07) is 10.3. The maximum Gasteiger partial charge on any atom is 0.243 e. The van der Waals surface area contributed by atoms with Crippen LogP contribution < -0.4 is 15.4 Å². The van der Waals surface area contributed by atoms with Crippen LogP contribution in [0.3, 0.4) is 0 Å². The number of likely N-dealkylation sites (N-methyl/N-ethyl adjacent to an activating group) is 2. The number of benzene rings is 1. The predicted molar refractivity (Wildman–Crippen MR) is 129 cm³/mol. The number of halogens is 1. The molecule has 1 aliphatic rings. The SMILES string of the molecule is CCN1CCCC1CNC(=NCC(=O)N(C)C)NCCCOc1ccccc1.I. The number of likely N-dealkylation sites (tertiary alicyclic amines) is 1. The van der Waals surface area contributed by atoms with Gasteiger partial charge in [0.25, 0.3) is 0 Å². The third kappa shape index (κ3) is 9.66. The standard InChI is InChI=1S/C21H35N5O2.HI/c1-4-26-14-8-10-18(26)16-23-21(24-17-20(27)25(2)3)22-13-9-15-28-19-11-6-5-7-12-19;/h5-7,11-12,18H,4,8-10,13-17H2,1-3H3,(H2,22,23,24);1H. The Morgan fingerprint density at radius 3 is 2.72 bits per heavy atom. The average molecular weight is 517 g/mol. The van der Waals surface area contributed by atoms with Gasteiger partial charge in [0.15, 0.2) is 5.96 Å². The van der Waals surface area contributed by atoms with Crippen LogP contribution in [-0.2, 0) is 4.79 Å².